The molecule has 3 rings (SSSR count). The molecule has 1 unspecified atom stereocenters. The standard InChI is InChI=1S/C23H27NO4/c1-15-21(26)19-7-5-6-8-20(19)28-22(15)16-9-11-18(12-10-16)27-14-17(25)13-24-23(2,3)4/h5-12,17,24-25H,13-14H2,1-4H3. The zero-order valence-corrected chi connectivity index (χ0v) is 16.8. The minimum atomic E-state index is -0.598. The Hall–Kier alpha value is -2.63. The van der Waals surface area contributed by atoms with E-state index in [2.05, 4.69) is 5.32 Å². The van der Waals surface area contributed by atoms with Crippen molar-refractivity contribution < 1.29 is 14.3 Å². The number of aliphatic hydroxyl groups is 1. The van der Waals surface area contributed by atoms with Crippen LogP contribution in [0.1, 0.15) is 26.3 Å². The van der Waals surface area contributed by atoms with E-state index in [0.717, 1.165) is 5.56 Å². The molecule has 5 nitrogen and oxygen atoms in total. The number of β-amino-alcohol motifs (C(OH)–C–C–N with tert-alkyl or cyclic N) is 1. The first-order valence-electron chi connectivity index (χ1n) is 9.43. The molecule has 0 fully saturated rings. The van der Waals surface area contributed by atoms with Gasteiger partial charge in [0.05, 0.1) is 5.39 Å². The van der Waals surface area contributed by atoms with E-state index in [-0.39, 0.29) is 17.6 Å². The van der Waals surface area contributed by atoms with Crippen molar-refractivity contribution in [3.05, 3.63) is 64.3 Å². The van der Waals surface area contributed by atoms with Crippen LogP contribution in [0.4, 0.5) is 0 Å². The molecule has 0 saturated carbocycles. The molecule has 5 heteroatoms. The average Bonchev–Trinajstić information content (AvgIpc) is 2.67. The Bertz CT molecular complexity index is 1000. The van der Waals surface area contributed by atoms with Gasteiger partial charge in [-0.3, -0.25) is 4.79 Å². The number of para-hydroxylation sites is 1. The van der Waals surface area contributed by atoms with Gasteiger partial charge in [0.25, 0.3) is 0 Å². The molecule has 28 heavy (non-hydrogen) atoms. The fourth-order valence-corrected chi connectivity index (χ4v) is 2.89. The summed E-state index contributed by atoms with van der Waals surface area (Å²) in [5.74, 6) is 1.21. The van der Waals surface area contributed by atoms with Crippen molar-refractivity contribution in [2.75, 3.05) is 13.2 Å². The van der Waals surface area contributed by atoms with Gasteiger partial charge in [0, 0.05) is 23.2 Å². The van der Waals surface area contributed by atoms with Crippen molar-refractivity contribution in [1.82, 2.24) is 5.32 Å². The highest BCUT2D eigenvalue weighted by Gasteiger charge is 2.14. The number of nitrogens with one attached hydrogen (secondary N) is 1. The van der Waals surface area contributed by atoms with Crippen LogP contribution in [0.15, 0.2) is 57.7 Å². The molecule has 0 aliphatic rings. The molecule has 0 radical (unpaired) electrons. The van der Waals surface area contributed by atoms with Crippen LogP contribution in [0.25, 0.3) is 22.3 Å². The maximum absolute atomic E-state index is 12.6. The van der Waals surface area contributed by atoms with Gasteiger partial charge in [-0.1, -0.05) is 12.1 Å². The lowest BCUT2D eigenvalue weighted by Gasteiger charge is -2.23. The van der Waals surface area contributed by atoms with E-state index in [1.54, 1.807) is 19.1 Å². The fourth-order valence-electron chi connectivity index (χ4n) is 2.89. The number of rotatable bonds is 6. The van der Waals surface area contributed by atoms with Crippen LogP contribution in [0.3, 0.4) is 0 Å². The first kappa shape index (κ1) is 20.1. The van der Waals surface area contributed by atoms with E-state index in [4.69, 9.17) is 9.15 Å². The SMILES string of the molecule is Cc1c(-c2ccc(OCC(O)CNC(C)(C)C)cc2)oc2ccccc2c1=O. The highest BCUT2D eigenvalue weighted by atomic mass is 16.5. The van der Waals surface area contributed by atoms with Crippen LogP contribution >= 0.6 is 0 Å². The third-order valence-electron chi connectivity index (χ3n) is 4.45. The second-order valence-electron chi connectivity index (χ2n) is 8.00. The van der Waals surface area contributed by atoms with Crippen molar-refractivity contribution in [3.8, 4) is 17.1 Å². The molecule has 0 aliphatic heterocycles. The van der Waals surface area contributed by atoms with Crippen LogP contribution in [0.2, 0.25) is 0 Å². The molecule has 1 atom stereocenters. The minimum Gasteiger partial charge on any atom is -0.491 e. The molecule has 1 heterocycles. The number of fused-ring (bicyclic) bond motifs is 1. The molecule has 2 aromatic carbocycles. The predicted octanol–water partition coefficient (Wildman–Crippen LogP) is 3.90. The molecular weight excluding hydrogens is 354 g/mol. The lowest BCUT2D eigenvalue weighted by molar-refractivity contribution is 0.100. The van der Waals surface area contributed by atoms with Crippen molar-refractivity contribution >= 4 is 11.0 Å². The van der Waals surface area contributed by atoms with E-state index in [0.29, 0.717) is 34.6 Å². The summed E-state index contributed by atoms with van der Waals surface area (Å²) in [6.07, 6.45) is -0.598. The molecule has 0 saturated heterocycles. The molecule has 1 aromatic heterocycles. The van der Waals surface area contributed by atoms with Crippen LogP contribution in [0.5, 0.6) is 5.75 Å². The third kappa shape index (κ3) is 4.80. The topological polar surface area (TPSA) is 71.7 Å². The maximum Gasteiger partial charge on any atom is 0.196 e. The van der Waals surface area contributed by atoms with Gasteiger partial charge in [-0.25, -0.2) is 0 Å². The number of aliphatic hydroxyl groups excluding tert-OH is 1. The Morgan fingerprint density at radius 2 is 1.79 bits per heavy atom. The Morgan fingerprint density at radius 3 is 2.46 bits per heavy atom. The number of benzene rings is 2. The summed E-state index contributed by atoms with van der Waals surface area (Å²) < 4.78 is 11.6. The summed E-state index contributed by atoms with van der Waals surface area (Å²) >= 11 is 0. The van der Waals surface area contributed by atoms with Crippen LogP contribution in [-0.2, 0) is 0 Å². The van der Waals surface area contributed by atoms with Crippen LogP contribution in [0, 0.1) is 6.92 Å². The zero-order valence-electron chi connectivity index (χ0n) is 16.8. The smallest absolute Gasteiger partial charge is 0.196 e. The number of ether oxygens (including phenoxy) is 1. The Balaban J connectivity index is 1.72. The first-order valence-corrected chi connectivity index (χ1v) is 9.43. The highest BCUT2D eigenvalue weighted by Crippen LogP contribution is 2.27. The van der Waals surface area contributed by atoms with E-state index in [1.807, 2.05) is 57.2 Å². The summed E-state index contributed by atoms with van der Waals surface area (Å²) in [5.41, 5.74) is 1.89. The number of hydrogen-bond donors (Lipinski definition) is 2. The van der Waals surface area contributed by atoms with Crippen molar-refractivity contribution in [2.45, 2.75) is 39.3 Å². The Morgan fingerprint density at radius 1 is 1.11 bits per heavy atom. The van der Waals surface area contributed by atoms with Gasteiger partial charge in [-0.05, 0) is 64.1 Å². The molecular formula is C23H27NO4. The highest BCUT2D eigenvalue weighted by molar-refractivity contribution is 5.80. The van der Waals surface area contributed by atoms with E-state index < -0.39 is 6.10 Å². The second-order valence-corrected chi connectivity index (χ2v) is 8.00. The average molecular weight is 381 g/mol. The largest absolute Gasteiger partial charge is 0.491 e. The zero-order chi connectivity index (χ0) is 20.3. The quantitative estimate of drug-likeness (QED) is 0.678. The summed E-state index contributed by atoms with van der Waals surface area (Å²) in [7, 11) is 0. The predicted molar refractivity (Wildman–Crippen MR) is 112 cm³/mol. The minimum absolute atomic E-state index is 0.0216. The first-order chi connectivity index (χ1) is 13.2. The Kier molecular flexibility index (Phi) is 5.87. The maximum atomic E-state index is 12.6. The van der Waals surface area contributed by atoms with Gasteiger partial charge in [0.2, 0.25) is 0 Å². The third-order valence-corrected chi connectivity index (χ3v) is 4.45. The van der Waals surface area contributed by atoms with Crippen molar-refractivity contribution in [1.29, 1.82) is 0 Å². The molecule has 148 valence electrons. The fraction of sp³-hybridized carbons (Fsp3) is 0.348. The van der Waals surface area contributed by atoms with Gasteiger partial charge in [0.1, 0.15) is 29.8 Å². The van der Waals surface area contributed by atoms with Crippen LogP contribution < -0.4 is 15.5 Å². The van der Waals surface area contributed by atoms with E-state index in [1.165, 1.54) is 0 Å². The molecule has 3 aromatic rings. The molecule has 0 spiro atoms. The van der Waals surface area contributed by atoms with Gasteiger partial charge in [-0.2, -0.15) is 0 Å². The van der Waals surface area contributed by atoms with Crippen molar-refractivity contribution in [2.24, 2.45) is 0 Å². The summed E-state index contributed by atoms with van der Waals surface area (Å²) in [5, 5.41) is 13.9. The van der Waals surface area contributed by atoms with Gasteiger partial charge in [-0.15, -0.1) is 0 Å². The molecule has 2 N–H and O–H groups in total. The van der Waals surface area contributed by atoms with E-state index in [9.17, 15) is 9.90 Å². The van der Waals surface area contributed by atoms with Gasteiger partial charge in [0.15, 0.2) is 5.43 Å². The molecule has 0 aliphatic carbocycles. The lowest BCUT2D eigenvalue weighted by atomic mass is 10.1. The summed E-state index contributed by atoms with van der Waals surface area (Å²) in [4.78, 5) is 12.6. The molecule has 0 amide bonds. The number of hydrogen-bond acceptors (Lipinski definition) is 5. The molecule has 0 bridgehead atoms. The monoisotopic (exact) mass is 381 g/mol. The van der Waals surface area contributed by atoms with Crippen molar-refractivity contribution in [3.63, 3.8) is 0 Å². The van der Waals surface area contributed by atoms with Gasteiger partial charge >= 0.3 is 0 Å². The Labute approximate surface area is 165 Å². The van der Waals surface area contributed by atoms with E-state index >= 15 is 0 Å². The van der Waals surface area contributed by atoms with Crippen LogP contribution in [-0.4, -0.2) is 29.9 Å². The lowest BCUT2D eigenvalue weighted by Crippen LogP contribution is -2.42. The normalized spacial score (nSPS) is 12.9. The summed E-state index contributed by atoms with van der Waals surface area (Å²) in [6, 6.07) is 14.6. The summed E-state index contributed by atoms with van der Waals surface area (Å²) in [6.45, 7) is 8.58. The second kappa shape index (κ2) is 8.17. The van der Waals surface area contributed by atoms with Gasteiger partial charge < -0.3 is 19.6 Å².